The van der Waals surface area contributed by atoms with Crippen LogP contribution in [0.1, 0.15) is 59.8 Å². The maximum Gasteiger partial charge on any atom is 0.00103 e. The van der Waals surface area contributed by atoms with Gasteiger partial charge in [-0.1, -0.05) is 27.7 Å². The van der Waals surface area contributed by atoms with Crippen LogP contribution in [0.15, 0.2) is 0 Å². The van der Waals surface area contributed by atoms with E-state index in [1.165, 1.54) is 45.2 Å². The Kier molecular flexibility index (Phi) is 6.65. The van der Waals surface area contributed by atoms with E-state index in [0.29, 0.717) is 5.41 Å². The SMILES string of the molecule is CC(C)C(CCN)CCCNCC1(C(C)C)CC1. The van der Waals surface area contributed by atoms with E-state index in [-0.39, 0.29) is 0 Å². The van der Waals surface area contributed by atoms with Crippen LogP contribution in [0.3, 0.4) is 0 Å². The number of nitrogens with one attached hydrogen (secondary N) is 1. The van der Waals surface area contributed by atoms with Gasteiger partial charge in [0.25, 0.3) is 0 Å². The van der Waals surface area contributed by atoms with E-state index >= 15 is 0 Å². The van der Waals surface area contributed by atoms with Crippen LogP contribution in [-0.2, 0) is 0 Å². The summed E-state index contributed by atoms with van der Waals surface area (Å²) in [6.45, 7) is 12.6. The summed E-state index contributed by atoms with van der Waals surface area (Å²) in [5.74, 6) is 2.43. The molecular weight excluding hydrogens is 220 g/mol. The Bertz CT molecular complexity index is 219. The molecule has 1 aliphatic carbocycles. The quantitative estimate of drug-likeness (QED) is 0.586. The van der Waals surface area contributed by atoms with Gasteiger partial charge in [-0.05, 0) is 68.4 Å². The topological polar surface area (TPSA) is 38.0 Å². The van der Waals surface area contributed by atoms with Gasteiger partial charge in [-0.3, -0.25) is 0 Å². The first kappa shape index (κ1) is 16.0. The molecule has 1 rings (SSSR count). The average molecular weight is 254 g/mol. The van der Waals surface area contributed by atoms with Gasteiger partial charge in [0.05, 0.1) is 0 Å². The highest BCUT2D eigenvalue weighted by atomic mass is 14.9. The summed E-state index contributed by atoms with van der Waals surface area (Å²) in [5, 5.41) is 3.67. The number of nitrogens with two attached hydrogens (primary N) is 1. The van der Waals surface area contributed by atoms with Crippen molar-refractivity contribution in [1.82, 2.24) is 5.32 Å². The van der Waals surface area contributed by atoms with Crippen molar-refractivity contribution >= 4 is 0 Å². The molecule has 108 valence electrons. The van der Waals surface area contributed by atoms with Crippen molar-refractivity contribution in [3.8, 4) is 0 Å². The molecule has 0 aromatic rings. The third kappa shape index (κ3) is 4.89. The molecule has 1 aliphatic rings. The molecule has 1 atom stereocenters. The maximum absolute atomic E-state index is 5.68. The van der Waals surface area contributed by atoms with Gasteiger partial charge in [-0.2, -0.15) is 0 Å². The monoisotopic (exact) mass is 254 g/mol. The Hall–Kier alpha value is -0.0800. The molecule has 0 saturated heterocycles. The van der Waals surface area contributed by atoms with Crippen molar-refractivity contribution in [3.63, 3.8) is 0 Å². The minimum Gasteiger partial charge on any atom is -0.330 e. The van der Waals surface area contributed by atoms with Gasteiger partial charge in [0, 0.05) is 6.54 Å². The second-order valence-corrected chi connectivity index (χ2v) is 6.92. The van der Waals surface area contributed by atoms with Crippen molar-refractivity contribution in [2.75, 3.05) is 19.6 Å². The predicted molar refractivity (Wildman–Crippen MR) is 80.6 cm³/mol. The lowest BCUT2D eigenvalue weighted by Gasteiger charge is -2.22. The molecule has 1 saturated carbocycles. The van der Waals surface area contributed by atoms with Crippen molar-refractivity contribution in [1.29, 1.82) is 0 Å². The van der Waals surface area contributed by atoms with Crippen molar-refractivity contribution in [2.24, 2.45) is 28.9 Å². The van der Waals surface area contributed by atoms with Crippen LogP contribution >= 0.6 is 0 Å². The molecule has 0 aromatic carbocycles. The summed E-state index contributed by atoms with van der Waals surface area (Å²) < 4.78 is 0. The lowest BCUT2D eigenvalue weighted by molar-refractivity contribution is 0.314. The fourth-order valence-corrected chi connectivity index (χ4v) is 2.97. The zero-order valence-corrected chi connectivity index (χ0v) is 13.0. The molecule has 0 radical (unpaired) electrons. The fourth-order valence-electron chi connectivity index (χ4n) is 2.97. The lowest BCUT2D eigenvalue weighted by atomic mass is 9.88. The summed E-state index contributed by atoms with van der Waals surface area (Å²) in [6, 6.07) is 0. The molecule has 2 nitrogen and oxygen atoms in total. The smallest absolute Gasteiger partial charge is 0.00103 e. The number of rotatable bonds is 10. The largest absolute Gasteiger partial charge is 0.330 e. The van der Waals surface area contributed by atoms with Gasteiger partial charge < -0.3 is 11.1 Å². The third-order valence-corrected chi connectivity index (χ3v) is 5.00. The molecule has 1 unspecified atom stereocenters. The van der Waals surface area contributed by atoms with Gasteiger partial charge in [0.15, 0.2) is 0 Å². The Labute approximate surface area is 114 Å². The van der Waals surface area contributed by atoms with Gasteiger partial charge in [-0.25, -0.2) is 0 Å². The molecule has 0 aromatic heterocycles. The molecule has 0 bridgehead atoms. The van der Waals surface area contributed by atoms with Gasteiger partial charge in [0.2, 0.25) is 0 Å². The molecular formula is C16H34N2. The van der Waals surface area contributed by atoms with E-state index in [1.54, 1.807) is 0 Å². The summed E-state index contributed by atoms with van der Waals surface area (Å²) in [7, 11) is 0. The van der Waals surface area contributed by atoms with Crippen molar-refractivity contribution in [2.45, 2.75) is 59.8 Å². The van der Waals surface area contributed by atoms with E-state index in [1.807, 2.05) is 0 Å². The number of hydrogen-bond donors (Lipinski definition) is 2. The van der Waals surface area contributed by atoms with Gasteiger partial charge in [0.1, 0.15) is 0 Å². The molecule has 1 fully saturated rings. The van der Waals surface area contributed by atoms with Crippen molar-refractivity contribution in [3.05, 3.63) is 0 Å². The highest BCUT2D eigenvalue weighted by Gasteiger charge is 2.44. The van der Waals surface area contributed by atoms with Crippen LogP contribution in [0.4, 0.5) is 0 Å². The van der Waals surface area contributed by atoms with E-state index in [2.05, 4.69) is 33.0 Å². The van der Waals surface area contributed by atoms with E-state index in [9.17, 15) is 0 Å². The van der Waals surface area contributed by atoms with E-state index in [0.717, 1.165) is 24.3 Å². The Morgan fingerprint density at radius 2 is 1.78 bits per heavy atom. The van der Waals surface area contributed by atoms with Crippen LogP contribution in [-0.4, -0.2) is 19.6 Å². The molecule has 0 spiro atoms. The zero-order valence-electron chi connectivity index (χ0n) is 13.0. The van der Waals surface area contributed by atoms with E-state index in [4.69, 9.17) is 5.73 Å². The minimum atomic E-state index is 0.648. The second-order valence-electron chi connectivity index (χ2n) is 6.92. The highest BCUT2D eigenvalue weighted by Crippen LogP contribution is 2.51. The Morgan fingerprint density at radius 1 is 1.11 bits per heavy atom. The standard InChI is InChI=1S/C16H34N2/c1-13(2)15(7-10-17)6-5-11-18-12-16(8-9-16)14(3)4/h13-15,18H,5-12,17H2,1-4H3. The van der Waals surface area contributed by atoms with Crippen LogP contribution in [0.2, 0.25) is 0 Å². The van der Waals surface area contributed by atoms with Crippen LogP contribution < -0.4 is 11.1 Å². The first-order valence-electron chi connectivity index (χ1n) is 7.92. The summed E-state index contributed by atoms with van der Waals surface area (Å²) in [4.78, 5) is 0. The Balaban J connectivity index is 2.07. The fraction of sp³-hybridized carbons (Fsp3) is 1.00. The predicted octanol–water partition coefficient (Wildman–Crippen LogP) is 3.41. The summed E-state index contributed by atoms with van der Waals surface area (Å²) >= 11 is 0. The molecule has 18 heavy (non-hydrogen) atoms. The van der Waals surface area contributed by atoms with Crippen molar-refractivity contribution < 1.29 is 0 Å². The molecule has 3 N–H and O–H groups in total. The average Bonchev–Trinajstić information content (AvgIpc) is 3.08. The van der Waals surface area contributed by atoms with Gasteiger partial charge >= 0.3 is 0 Å². The van der Waals surface area contributed by atoms with Crippen LogP contribution in [0, 0.1) is 23.2 Å². The Morgan fingerprint density at radius 3 is 2.22 bits per heavy atom. The summed E-state index contributed by atoms with van der Waals surface area (Å²) in [6.07, 6.45) is 6.68. The lowest BCUT2D eigenvalue weighted by Crippen LogP contribution is -2.28. The first-order valence-corrected chi connectivity index (χ1v) is 7.92. The van der Waals surface area contributed by atoms with E-state index < -0.39 is 0 Å². The molecule has 0 heterocycles. The third-order valence-electron chi connectivity index (χ3n) is 5.00. The highest BCUT2D eigenvalue weighted by molar-refractivity contribution is 4.96. The summed E-state index contributed by atoms with van der Waals surface area (Å²) in [5.41, 5.74) is 6.33. The van der Waals surface area contributed by atoms with Gasteiger partial charge in [-0.15, -0.1) is 0 Å². The first-order chi connectivity index (χ1) is 8.52. The second kappa shape index (κ2) is 7.49. The molecule has 2 heteroatoms. The normalized spacial score (nSPS) is 19.5. The molecule has 0 aliphatic heterocycles. The van der Waals surface area contributed by atoms with Crippen LogP contribution in [0.25, 0.3) is 0 Å². The molecule has 0 amide bonds. The zero-order chi connectivity index (χ0) is 13.6. The number of hydrogen-bond acceptors (Lipinski definition) is 2. The van der Waals surface area contributed by atoms with Crippen LogP contribution in [0.5, 0.6) is 0 Å². The maximum atomic E-state index is 5.68. The minimum absolute atomic E-state index is 0.648.